The molecule has 31 heavy (non-hydrogen) atoms. The summed E-state index contributed by atoms with van der Waals surface area (Å²) in [5, 5.41) is 1.00. The van der Waals surface area contributed by atoms with Gasteiger partial charge in [0.05, 0.1) is 10.9 Å². The first kappa shape index (κ1) is 20.8. The molecule has 156 valence electrons. The van der Waals surface area contributed by atoms with E-state index in [2.05, 4.69) is 17.3 Å². The topological polar surface area (TPSA) is 64.0 Å². The van der Waals surface area contributed by atoms with Crippen molar-refractivity contribution in [1.82, 2.24) is 9.66 Å². The second-order valence-corrected chi connectivity index (χ2v) is 7.78. The summed E-state index contributed by atoms with van der Waals surface area (Å²) in [7, 11) is 0. The Morgan fingerprint density at radius 3 is 2.42 bits per heavy atom. The normalized spacial score (nSPS) is 10.9. The van der Waals surface area contributed by atoms with Crippen LogP contribution in [0.4, 0.5) is 0 Å². The lowest BCUT2D eigenvalue weighted by Crippen LogP contribution is -2.35. The zero-order chi connectivity index (χ0) is 21.8. The van der Waals surface area contributed by atoms with Crippen molar-refractivity contribution >= 4 is 28.4 Å². The number of aromatic nitrogens is 2. The molecule has 0 aliphatic heterocycles. The van der Waals surface area contributed by atoms with Crippen LogP contribution in [0.25, 0.3) is 22.3 Å². The summed E-state index contributed by atoms with van der Waals surface area (Å²) in [5.74, 6) is -0.0373. The van der Waals surface area contributed by atoms with E-state index in [1.54, 1.807) is 54.6 Å². The van der Waals surface area contributed by atoms with Crippen molar-refractivity contribution in [2.45, 2.75) is 26.2 Å². The Balaban J connectivity index is 1.74. The number of aryl methyl sites for hydroxylation is 1. The van der Waals surface area contributed by atoms with E-state index in [0.29, 0.717) is 32.9 Å². The van der Waals surface area contributed by atoms with Gasteiger partial charge in [0, 0.05) is 16.1 Å². The molecule has 0 aliphatic carbocycles. The van der Waals surface area contributed by atoms with Gasteiger partial charge in [-0.2, -0.15) is 4.68 Å². The van der Waals surface area contributed by atoms with Crippen molar-refractivity contribution in [2.75, 3.05) is 5.43 Å². The van der Waals surface area contributed by atoms with E-state index in [1.165, 1.54) is 10.2 Å². The highest BCUT2D eigenvalue weighted by Gasteiger charge is 2.16. The maximum Gasteiger partial charge on any atom is 0.280 e. The average Bonchev–Trinajstić information content (AvgIpc) is 2.80. The molecule has 0 radical (unpaired) electrons. The van der Waals surface area contributed by atoms with Crippen LogP contribution in [-0.2, 0) is 6.42 Å². The summed E-state index contributed by atoms with van der Waals surface area (Å²) in [4.78, 5) is 30.8. The van der Waals surface area contributed by atoms with Gasteiger partial charge in [0.2, 0.25) is 0 Å². The average molecular weight is 432 g/mol. The van der Waals surface area contributed by atoms with Gasteiger partial charge in [-0.05, 0) is 66.9 Å². The molecule has 3 aromatic carbocycles. The highest BCUT2D eigenvalue weighted by atomic mass is 35.5. The third-order valence-corrected chi connectivity index (χ3v) is 5.38. The Labute approximate surface area is 185 Å². The molecule has 0 bridgehead atoms. The van der Waals surface area contributed by atoms with Gasteiger partial charge in [0.15, 0.2) is 5.82 Å². The minimum Gasteiger partial charge on any atom is -0.267 e. The van der Waals surface area contributed by atoms with Gasteiger partial charge in [-0.25, -0.2) is 4.98 Å². The van der Waals surface area contributed by atoms with Crippen LogP contribution in [0.5, 0.6) is 0 Å². The number of carbonyl (C=O) groups is 1. The number of amides is 1. The molecular weight excluding hydrogens is 410 g/mol. The molecule has 0 unspecified atom stereocenters. The molecule has 5 nitrogen and oxygen atoms in total. The van der Waals surface area contributed by atoms with Gasteiger partial charge in [-0.15, -0.1) is 0 Å². The van der Waals surface area contributed by atoms with Crippen molar-refractivity contribution in [3.63, 3.8) is 0 Å². The molecule has 0 aliphatic rings. The molecule has 4 rings (SSSR count). The fraction of sp³-hybridized carbons (Fsp3) is 0.160. The predicted octanol–water partition coefficient (Wildman–Crippen LogP) is 5.44. The first-order valence-corrected chi connectivity index (χ1v) is 10.6. The predicted molar refractivity (Wildman–Crippen MR) is 125 cm³/mol. The number of nitrogens with one attached hydrogen (secondary N) is 1. The van der Waals surface area contributed by atoms with Crippen molar-refractivity contribution in [3.05, 3.63) is 99.3 Å². The minimum atomic E-state index is -0.378. The summed E-state index contributed by atoms with van der Waals surface area (Å²) in [5.41, 5.74) is 5.28. The quantitative estimate of drug-likeness (QED) is 0.442. The highest BCUT2D eigenvalue weighted by Crippen LogP contribution is 2.21. The largest absolute Gasteiger partial charge is 0.280 e. The Bertz CT molecular complexity index is 1280. The van der Waals surface area contributed by atoms with Gasteiger partial charge >= 0.3 is 0 Å². The van der Waals surface area contributed by atoms with Crippen molar-refractivity contribution in [1.29, 1.82) is 0 Å². The van der Waals surface area contributed by atoms with Crippen LogP contribution in [0.15, 0.2) is 77.6 Å². The number of rotatable bonds is 6. The van der Waals surface area contributed by atoms with E-state index in [4.69, 9.17) is 11.6 Å². The summed E-state index contributed by atoms with van der Waals surface area (Å²) in [6, 6.07) is 21.5. The fourth-order valence-electron chi connectivity index (χ4n) is 3.40. The number of hydrogen-bond donors (Lipinski definition) is 1. The fourth-order valence-corrected chi connectivity index (χ4v) is 3.52. The van der Waals surface area contributed by atoms with Crippen LogP contribution in [-0.4, -0.2) is 15.6 Å². The minimum absolute atomic E-state index is 0.341. The maximum atomic E-state index is 13.2. The van der Waals surface area contributed by atoms with E-state index in [1.807, 2.05) is 18.2 Å². The molecule has 6 heteroatoms. The number of halogens is 1. The van der Waals surface area contributed by atoms with Gasteiger partial charge in [0.25, 0.3) is 11.5 Å². The van der Waals surface area contributed by atoms with Crippen LogP contribution >= 0.6 is 11.6 Å². The summed E-state index contributed by atoms with van der Waals surface area (Å²) < 4.78 is 1.21. The van der Waals surface area contributed by atoms with Crippen molar-refractivity contribution in [3.8, 4) is 11.4 Å². The number of carbonyl (C=O) groups excluding carboxylic acids is 1. The molecule has 1 N–H and O–H groups in total. The molecular formula is C25H22ClN3O2. The third-order valence-electron chi connectivity index (χ3n) is 5.13. The number of para-hydroxylation sites is 1. The van der Waals surface area contributed by atoms with Crippen LogP contribution in [0.1, 0.15) is 35.7 Å². The van der Waals surface area contributed by atoms with E-state index < -0.39 is 0 Å². The molecule has 1 heterocycles. The lowest BCUT2D eigenvalue weighted by Gasteiger charge is -2.15. The molecule has 1 aromatic heterocycles. The smallest absolute Gasteiger partial charge is 0.267 e. The van der Waals surface area contributed by atoms with E-state index >= 15 is 0 Å². The van der Waals surface area contributed by atoms with Crippen LogP contribution in [0, 0.1) is 0 Å². The summed E-state index contributed by atoms with van der Waals surface area (Å²) >= 11 is 6.02. The zero-order valence-corrected chi connectivity index (χ0v) is 17.9. The number of hydrogen-bond acceptors (Lipinski definition) is 3. The Morgan fingerprint density at radius 1 is 1.00 bits per heavy atom. The maximum absolute atomic E-state index is 13.2. The van der Waals surface area contributed by atoms with E-state index in [9.17, 15) is 9.59 Å². The molecule has 0 spiro atoms. The van der Waals surface area contributed by atoms with Gasteiger partial charge in [-0.1, -0.05) is 49.2 Å². The van der Waals surface area contributed by atoms with E-state index in [0.717, 1.165) is 19.3 Å². The van der Waals surface area contributed by atoms with Gasteiger partial charge in [0.1, 0.15) is 0 Å². The van der Waals surface area contributed by atoms with Crippen LogP contribution in [0.2, 0.25) is 5.02 Å². The van der Waals surface area contributed by atoms with Crippen molar-refractivity contribution in [2.24, 2.45) is 0 Å². The number of nitrogens with zero attached hydrogens (tertiary/aromatic N) is 2. The van der Waals surface area contributed by atoms with Crippen molar-refractivity contribution < 1.29 is 4.79 Å². The SMILES string of the molecule is CCCCc1ccc(C(=O)Nn2c(-c3ccc(Cl)cc3)nc3ccccc3c2=O)cc1. The lowest BCUT2D eigenvalue weighted by atomic mass is 10.1. The lowest BCUT2D eigenvalue weighted by molar-refractivity contribution is 0.101. The number of unbranched alkanes of at least 4 members (excludes halogenated alkanes) is 1. The second kappa shape index (κ2) is 9.14. The molecule has 0 atom stereocenters. The monoisotopic (exact) mass is 431 g/mol. The summed E-state index contributed by atoms with van der Waals surface area (Å²) in [6.07, 6.45) is 3.20. The number of benzene rings is 3. The second-order valence-electron chi connectivity index (χ2n) is 7.34. The van der Waals surface area contributed by atoms with Gasteiger partial charge in [-0.3, -0.25) is 15.0 Å². The molecule has 0 fully saturated rings. The van der Waals surface area contributed by atoms with E-state index in [-0.39, 0.29) is 11.5 Å². The highest BCUT2D eigenvalue weighted by molar-refractivity contribution is 6.30. The Hall–Kier alpha value is -3.44. The van der Waals surface area contributed by atoms with Gasteiger partial charge < -0.3 is 0 Å². The molecule has 0 saturated heterocycles. The molecule has 4 aromatic rings. The van der Waals surface area contributed by atoms with Crippen LogP contribution in [0.3, 0.4) is 0 Å². The number of fused-ring (bicyclic) bond motifs is 1. The molecule has 1 amide bonds. The van der Waals surface area contributed by atoms with Crippen LogP contribution < -0.4 is 11.0 Å². The first-order chi connectivity index (χ1) is 15.1. The Kier molecular flexibility index (Phi) is 6.14. The Morgan fingerprint density at radius 2 is 1.71 bits per heavy atom. The summed E-state index contributed by atoms with van der Waals surface area (Å²) in [6.45, 7) is 2.15. The first-order valence-electron chi connectivity index (χ1n) is 10.2. The zero-order valence-electron chi connectivity index (χ0n) is 17.1. The molecule has 0 saturated carbocycles. The standard InChI is InChI=1S/C25H22ClN3O2/c1-2-3-6-17-9-11-19(12-10-17)24(30)28-29-23(18-13-15-20(26)16-14-18)27-22-8-5-4-7-21(22)25(29)31/h4-5,7-16H,2-3,6H2,1H3,(H,28,30). The third kappa shape index (κ3) is 4.52.